The molecule has 1 unspecified atom stereocenters. The number of rotatable bonds is 6. The highest BCUT2D eigenvalue weighted by Gasteiger charge is 2.30. The predicted molar refractivity (Wildman–Crippen MR) is 68.2 cm³/mol. The summed E-state index contributed by atoms with van der Waals surface area (Å²) in [6, 6.07) is 0. The zero-order chi connectivity index (χ0) is 11.3. The van der Waals surface area contributed by atoms with Gasteiger partial charge in [0.2, 0.25) is 0 Å². The Morgan fingerprint density at radius 2 is 1.93 bits per heavy atom. The van der Waals surface area contributed by atoms with E-state index < -0.39 is 9.84 Å². The van der Waals surface area contributed by atoms with Crippen LogP contribution in [-0.4, -0.2) is 24.8 Å². The molecule has 0 spiro atoms. The molecule has 0 aromatic carbocycles. The van der Waals surface area contributed by atoms with Gasteiger partial charge in [0.05, 0.1) is 11.0 Å². The Hall–Kier alpha value is 0.430. The molecule has 0 saturated heterocycles. The summed E-state index contributed by atoms with van der Waals surface area (Å²) in [5, 5.41) is 0.781. The SMILES string of the molecule is CCCC(CBr)CS(=O)(=O)C1CCCC1. The van der Waals surface area contributed by atoms with Crippen molar-refractivity contribution in [2.24, 2.45) is 5.92 Å². The van der Waals surface area contributed by atoms with Crippen molar-refractivity contribution >= 4 is 25.8 Å². The lowest BCUT2D eigenvalue weighted by atomic mass is 10.1. The van der Waals surface area contributed by atoms with Crippen molar-refractivity contribution in [2.45, 2.75) is 50.7 Å². The maximum Gasteiger partial charge on any atom is 0.153 e. The molecule has 1 fully saturated rings. The molecule has 90 valence electrons. The largest absolute Gasteiger partial charge is 0.229 e. The minimum Gasteiger partial charge on any atom is -0.229 e. The van der Waals surface area contributed by atoms with Crippen LogP contribution in [0.25, 0.3) is 0 Å². The lowest BCUT2D eigenvalue weighted by molar-refractivity contribution is 0.541. The van der Waals surface area contributed by atoms with E-state index in [1.807, 2.05) is 0 Å². The smallest absolute Gasteiger partial charge is 0.153 e. The molecule has 1 rings (SSSR count). The lowest BCUT2D eigenvalue weighted by Gasteiger charge is -2.16. The van der Waals surface area contributed by atoms with Crippen LogP contribution in [0, 0.1) is 5.92 Å². The first-order valence-electron chi connectivity index (χ1n) is 5.87. The van der Waals surface area contributed by atoms with E-state index in [4.69, 9.17) is 0 Å². The normalized spacial score (nSPS) is 20.7. The van der Waals surface area contributed by atoms with E-state index in [0.717, 1.165) is 43.9 Å². The molecule has 0 heterocycles. The Balaban J connectivity index is 2.53. The molecule has 1 saturated carbocycles. The van der Waals surface area contributed by atoms with Crippen molar-refractivity contribution in [1.82, 2.24) is 0 Å². The first-order chi connectivity index (χ1) is 7.10. The average molecular weight is 297 g/mol. The Morgan fingerprint density at radius 1 is 1.33 bits per heavy atom. The molecule has 4 heteroatoms. The fourth-order valence-corrected chi connectivity index (χ4v) is 5.45. The second kappa shape index (κ2) is 6.24. The third-order valence-corrected chi connectivity index (χ3v) is 6.53. The number of sulfone groups is 1. The summed E-state index contributed by atoms with van der Waals surface area (Å²) in [4.78, 5) is 0. The number of alkyl halides is 1. The van der Waals surface area contributed by atoms with E-state index >= 15 is 0 Å². The number of halogens is 1. The highest BCUT2D eigenvalue weighted by molar-refractivity contribution is 9.09. The summed E-state index contributed by atoms with van der Waals surface area (Å²) in [6.07, 6.45) is 6.05. The van der Waals surface area contributed by atoms with Crippen LogP contribution in [0.1, 0.15) is 45.4 Å². The van der Waals surface area contributed by atoms with Crippen molar-refractivity contribution in [2.75, 3.05) is 11.1 Å². The lowest BCUT2D eigenvalue weighted by Crippen LogP contribution is -2.26. The predicted octanol–water partition coefficient (Wildman–Crippen LogP) is 3.16. The summed E-state index contributed by atoms with van der Waals surface area (Å²) in [5.74, 6) is 0.692. The van der Waals surface area contributed by atoms with Gasteiger partial charge in [-0.3, -0.25) is 0 Å². The minimum absolute atomic E-state index is 0.0316. The number of hydrogen-bond acceptors (Lipinski definition) is 2. The molecule has 2 nitrogen and oxygen atoms in total. The molecule has 0 aliphatic heterocycles. The molecule has 0 amide bonds. The van der Waals surface area contributed by atoms with Gasteiger partial charge >= 0.3 is 0 Å². The van der Waals surface area contributed by atoms with Crippen LogP contribution < -0.4 is 0 Å². The van der Waals surface area contributed by atoms with Gasteiger partial charge in [-0.1, -0.05) is 42.1 Å². The van der Waals surface area contributed by atoms with E-state index in [-0.39, 0.29) is 5.25 Å². The van der Waals surface area contributed by atoms with Crippen molar-refractivity contribution in [3.05, 3.63) is 0 Å². The van der Waals surface area contributed by atoms with Gasteiger partial charge in [0.1, 0.15) is 0 Å². The fourth-order valence-electron chi connectivity index (χ4n) is 2.33. The quantitative estimate of drug-likeness (QED) is 0.706. The second-order valence-corrected chi connectivity index (χ2v) is 7.52. The van der Waals surface area contributed by atoms with Crippen LogP contribution in [0.5, 0.6) is 0 Å². The summed E-state index contributed by atoms with van der Waals surface area (Å²) in [7, 11) is -2.82. The molecular formula is C11H21BrO2S. The topological polar surface area (TPSA) is 34.1 Å². The van der Waals surface area contributed by atoms with Gasteiger partial charge in [-0.15, -0.1) is 0 Å². The van der Waals surface area contributed by atoms with Gasteiger partial charge in [-0.2, -0.15) is 0 Å². The third-order valence-electron chi connectivity index (χ3n) is 3.19. The zero-order valence-corrected chi connectivity index (χ0v) is 11.8. The maximum absolute atomic E-state index is 12.1. The Bertz CT molecular complexity index is 268. The second-order valence-electron chi connectivity index (χ2n) is 4.54. The van der Waals surface area contributed by atoms with Crippen LogP contribution >= 0.6 is 15.9 Å². The van der Waals surface area contributed by atoms with Crippen LogP contribution in [0.4, 0.5) is 0 Å². The molecule has 1 aliphatic carbocycles. The molecule has 0 aromatic heterocycles. The van der Waals surface area contributed by atoms with E-state index in [1.165, 1.54) is 0 Å². The Kier molecular flexibility index (Phi) is 5.61. The summed E-state index contributed by atoms with van der Waals surface area (Å²) < 4.78 is 24.1. The van der Waals surface area contributed by atoms with Crippen LogP contribution in [0.3, 0.4) is 0 Å². The van der Waals surface area contributed by atoms with E-state index in [9.17, 15) is 8.42 Å². The summed E-state index contributed by atoms with van der Waals surface area (Å²) >= 11 is 3.41. The van der Waals surface area contributed by atoms with Crippen molar-refractivity contribution in [3.8, 4) is 0 Å². The molecule has 0 radical (unpaired) electrons. The van der Waals surface area contributed by atoms with Crippen molar-refractivity contribution < 1.29 is 8.42 Å². The molecule has 0 aromatic rings. The zero-order valence-electron chi connectivity index (χ0n) is 9.41. The molecule has 0 N–H and O–H groups in total. The van der Waals surface area contributed by atoms with Gasteiger partial charge in [0.25, 0.3) is 0 Å². The highest BCUT2D eigenvalue weighted by atomic mass is 79.9. The first-order valence-corrected chi connectivity index (χ1v) is 8.71. The molecular weight excluding hydrogens is 276 g/mol. The highest BCUT2D eigenvalue weighted by Crippen LogP contribution is 2.27. The van der Waals surface area contributed by atoms with Gasteiger partial charge in [0.15, 0.2) is 9.84 Å². The minimum atomic E-state index is -2.82. The number of hydrogen-bond donors (Lipinski definition) is 0. The van der Waals surface area contributed by atoms with Gasteiger partial charge < -0.3 is 0 Å². The fraction of sp³-hybridized carbons (Fsp3) is 1.00. The average Bonchev–Trinajstić information content (AvgIpc) is 2.70. The van der Waals surface area contributed by atoms with Crippen LogP contribution in [-0.2, 0) is 9.84 Å². The molecule has 15 heavy (non-hydrogen) atoms. The van der Waals surface area contributed by atoms with E-state index in [2.05, 4.69) is 22.9 Å². The third kappa shape index (κ3) is 4.06. The monoisotopic (exact) mass is 296 g/mol. The molecule has 1 atom stereocenters. The Labute approximate surface area is 102 Å². The summed E-state index contributed by atoms with van der Waals surface area (Å²) in [6.45, 7) is 2.11. The maximum atomic E-state index is 12.1. The molecule has 0 bridgehead atoms. The van der Waals surface area contributed by atoms with Crippen molar-refractivity contribution in [3.63, 3.8) is 0 Å². The first kappa shape index (κ1) is 13.5. The van der Waals surface area contributed by atoms with Gasteiger partial charge in [-0.25, -0.2) is 8.42 Å². The van der Waals surface area contributed by atoms with Gasteiger partial charge in [-0.05, 0) is 25.2 Å². The van der Waals surface area contributed by atoms with Crippen LogP contribution in [0.2, 0.25) is 0 Å². The summed E-state index contributed by atoms with van der Waals surface area (Å²) in [5.41, 5.74) is 0. The van der Waals surface area contributed by atoms with Crippen LogP contribution in [0.15, 0.2) is 0 Å². The molecule has 1 aliphatic rings. The van der Waals surface area contributed by atoms with E-state index in [1.54, 1.807) is 0 Å². The standard InChI is InChI=1S/C11H21BrO2S/c1-2-5-10(8-12)9-15(13,14)11-6-3-4-7-11/h10-11H,2-9H2,1H3. The van der Waals surface area contributed by atoms with Crippen molar-refractivity contribution in [1.29, 1.82) is 0 Å². The Morgan fingerprint density at radius 3 is 2.40 bits per heavy atom. The van der Waals surface area contributed by atoms with E-state index in [0.29, 0.717) is 11.7 Å². The van der Waals surface area contributed by atoms with Gasteiger partial charge in [0, 0.05) is 5.33 Å².